The minimum absolute atomic E-state index is 0.745. The molecule has 1 aliphatic rings. The number of hydrogen-bond donors (Lipinski definition) is 0. The summed E-state index contributed by atoms with van der Waals surface area (Å²) >= 11 is 0. The lowest BCUT2D eigenvalue weighted by Gasteiger charge is -2.15. The maximum absolute atomic E-state index is 4.30. The zero-order valence-corrected chi connectivity index (χ0v) is 9.93. The van der Waals surface area contributed by atoms with Gasteiger partial charge in [0.25, 0.3) is 0 Å². The maximum Gasteiger partial charge on any atom is -0.0412 e. The highest BCUT2D eigenvalue weighted by Crippen LogP contribution is 2.31. The Kier molecular flexibility index (Phi) is 6.31. The molecule has 0 heteroatoms. The summed E-state index contributed by atoms with van der Waals surface area (Å²) in [6, 6.07) is 0. The zero-order valence-electron chi connectivity index (χ0n) is 9.93. The molecule has 0 saturated heterocycles. The molecule has 0 aromatic carbocycles. The van der Waals surface area contributed by atoms with Crippen molar-refractivity contribution in [2.75, 3.05) is 0 Å². The molecule has 1 radical (unpaired) electrons. The Morgan fingerprint density at radius 2 is 1.86 bits per heavy atom. The molecule has 1 unspecified atom stereocenters. The van der Waals surface area contributed by atoms with Gasteiger partial charge in [0.2, 0.25) is 0 Å². The first-order chi connectivity index (χ1) is 6.83. The van der Waals surface area contributed by atoms with Crippen molar-refractivity contribution >= 4 is 0 Å². The largest absolute Gasteiger partial charge is 0.0654 e. The van der Waals surface area contributed by atoms with Crippen LogP contribution in [0.4, 0.5) is 0 Å². The van der Waals surface area contributed by atoms with Crippen molar-refractivity contribution in [3.05, 3.63) is 6.92 Å². The average Bonchev–Trinajstić information content (AvgIpc) is 2.65. The predicted octanol–water partition coefficient (Wildman–Crippen LogP) is 4.99. The smallest absolute Gasteiger partial charge is 0.0412 e. The zero-order chi connectivity index (χ0) is 10.2. The van der Waals surface area contributed by atoms with Gasteiger partial charge in [-0.3, -0.25) is 0 Å². The van der Waals surface area contributed by atoms with Crippen molar-refractivity contribution in [1.82, 2.24) is 0 Å². The molecule has 0 N–H and O–H groups in total. The molecule has 0 spiro atoms. The molecule has 14 heavy (non-hydrogen) atoms. The lowest BCUT2D eigenvalue weighted by atomic mass is 9.91. The summed E-state index contributed by atoms with van der Waals surface area (Å²) < 4.78 is 0. The molecule has 1 aliphatic carbocycles. The van der Waals surface area contributed by atoms with Crippen LogP contribution in [0.5, 0.6) is 0 Å². The van der Waals surface area contributed by atoms with E-state index in [4.69, 9.17) is 0 Å². The second-order valence-electron chi connectivity index (χ2n) is 5.10. The van der Waals surface area contributed by atoms with E-state index in [-0.39, 0.29) is 0 Å². The van der Waals surface area contributed by atoms with E-state index in [0.29, 0.717) is 0 Å². The molecular weight excluding hydrogens is 168 g/mol. The number of rotatable bonds is 7. The van der Waals surface area contributed by atoms with E-state index < -0.39 is 0 Å². The van der Waals surface area contributed by atoms with Gasteiger partial charge in [0.1, 0.15) is 0 Å². The van der Waals surface area contributed by atoms with Gasteiger partial charge in [-0.05, 0) is 18.3 Å². The molecule has 1 saturated carbocycles. The van der Waals surface area contributed by atoms with Crippen molar-refractivity contribution in [3.8, 4) is 0 Å². The maximum atomic E-state index is 4.30. The van der Waals surface area contributed by atoms with Gasteiger partial charge in [-0.2, -0.15) is 0 Å². The average molecular weight is 195 g/mol. The van der Waals surface area contributed by atoms with E-state index in [2.05, 4.69) is 13.8 Å². The molecule has 0 amide bonds. The first kappa shape index (κ1) is 12.1. The quantitative estimate of drug-likeness (QED) is 0.502. The monoisotopic (exact) mass is 195 g/mol. The second-order valence-corrected chi connectivity index (χ2v) is 5.10. The van der Waals surface area contributed by atoms with Crippen LogP contribution in [0.2, 0.25) is 0 Å². The van der Waals surface area contributed by atoms with Gasteiger partial charge in [-0.25, -0.2) is 0 Å². The van der Waals surface area contributed by atoms with Crippen molar-refractivity contribution in [2.45, 2.75) is 71.1 Å². The molecule has 0 aromatic heterocycles. The van der Waals surface area contributed by atoms with E-state index in [1.54, 1.807) is 0 Å². The summed E-state index contributed by atoms with van der Waals surface area (Å²) in [7, 11) is 0. The fourth-order valence-electron chi connectivity index (χ4n) is 2.70. The fraction of sp³-hybridized carbons (Fsp3) is 0.929. The Balaban J connectivity index is 1.95. The highest BCUT2D eigenvalue weighted by atomic mass is 14.2. The van der Waals surface area contributed by atoms with Gasteiger partial charge in [0.05, 0.1) is 0 Å². The van der Waals surface area contributed by atoms with Crippen molar-refractivity contribution in [2.24, 2.45) is 11.8 Å². The standard InChI is InChI=1S/C14H27/c1-3-4-5-6-9-13(2)12-14-10-7-8-11-14/h13-14H,2-12H2,1H3. The Hall–Kier alpha value is 0. The van der Waals surface area contributed by atoms with Crippen LogP contribution >= 0.6 is 0 Å². The summed E-state index contributed by atoms with van der Waals surface area (Å²) in [6.45, 7) is 6.58. The van der Waals surface area contributed by atoms with Crippen molar-refractivity contribution in [1.29, 1.82) is 0 Å². The van der Waals surface area contributed by atoms with Gasteiger partial charge in [0.15, 0.2) is 0 Å². The predicted molar refractivity (Wildman–Crippen MR) is 64.2 cm³/mol. The molecule has 1 rings (SSSR count). The van der Waals surface area contributed by atoms with Crippen LogP contribution in [0.25, 0.3) is 0 Å². The third-order valence-electron chi connectivity index (χ3n) is 3.61. The van der Waals surface area contributed by atoms with Crippen molar-refractivity contribution < 1.29 is 0 Å². The van der Waals surface area contributed by atoms with E-state index >= 15 is 0 Å². The van der Waals surface area contributed by atoms with Gasteiger partial charge >= 0.3 is 0 Å². The molecule has 0 bridgehead atoms. The minimum atomic E-state index is 0.745. The Bertz CT molecular complexity index is 122. The topological polar surface area (TPSA) is 0 Å². The van der Waals surface area contributed by atoms with Gasteiger partial charge in [-0.15, -0.1) is 0 Å². The molecule has 0 aromatic rings. The lowest BCUT2D eigenvalue weighted by molar-refractivity contribution is 0.394. The first-order valence-corrected chi connectivity index (χ1v) is 6.66. The summed E-state index contributed by atoms with van der Waals surface area (Å²) in [4.78, 5) is 0. The fourth-order valence-corrected chi connectivity index (χ4v) is 2.70. The normalized spacial score (nSPS) is 20.1. The highest BCUT2D eigenvalue weighted by Gasteiger charge is 2.17. The molecule has 0 aliphatic heterocycles. The Morgan fingerprint density at radius 3 is 2.50 bits per heavy atom. The third-order valence-corrected chi connectivity index (χ3v) is 3.61. The number of unbranched alkanes of at least 4 members (excludes halogenated alkanes) is 3. The van der Waals surface area contributed by atoms with Crippen LogP contribution in [0.1, 0.15) is 71.1 Å². The molecular formula is C14H27. The van der Waals surface area contributed by atoms with Crippen LogP contribution in [0.15, 0.2) is 0 Å². The van der Waals surface area contributed by atoms with Crippen molar-refractivity contribution in [3.63, 3.8) is 0 Å². The van der Waals surface area contributed by atoms with Crippen LogP contribution in [0.3, 0.4) is 0 Å². The first-order valence-electron chi connectivity index (χ1n) is 6.66. The van der Waals surface area contributed by atoms with Gasteiger partial charge in [0, 0.05) is 0 Å². The Labute approximate surface area is 90.5 Å². The molecule has 0 heterocycles. The van der Waals surface area contributed by atoms with Crippen LogP contribution in [-0.2, 0) is 0 Å². The lowest BCUT2D eigenvalue weighted by Crippen LogP contribution is -2.03. The SMILES string of the molecule is [CH2]C(CCCCCC)CC1CCCC1. The minimum Gasteiger partial charge on any atom is -0.0654 e. The molecule has 1 atom stereocenters. The van der Waals surface area contributed by atoms with E-state index in [0.717, 1.165) is 11.8 Å². The van der Waals surface area contributed by atoms with Gasteiger partial charge in [-0.1, -0.05) is 71.6 Å². The van der Waals surface area contributed by atoms with Crippen LogP contribution < -0.4 is 0 Å². The molecule has 0 nitrogen and oxygen atoms in total. The Morgan fingerprint density at radius 1 is 1.14 bits per heavy atom. The summed E-state index contributed by atoms with van der Waals surface area (Å²) in [6.07, 6.45) is 14.3. The van der Waals surface area contributed by atoms with Crippen LogP contribution in [-0.4, -0.2) is 0 Å². The number of hydrogen-bond acceptors (Lipinski definition) is 0. The second kappa shape index (κ2) is 7.31. The van der Waals surface area contributed by atoms with Gasteiger partial charge < -0.3 is 0 Å². The highest BCUT2D eigenvalue weighted by molar-refractivity contribution is 4.72. The van der Waals surface area contributed by atoms with Crippen LogP contribution in [0, 0.1) is 18.8 Å². The van der Waals surface area contributed by atoms with E-state index in [9.17, 15) is 0 Å². The van der Waals surface area contributed by atoms with E-state index in [1.165, 1.54) is 64.2 Å². The summed E-state index contributed by atoms with van der Waals surface area (Å²) in [5.41, 5.74) is 0. The van der Waals surface area contributed by atoms with E-state index in [1.807, 2.05) is 0 Å². The third kappa shape index (κ3) is 5.02. The summed E-state index contributed by atoms with van der Waals surface area (Å²) in [5.74, 6) is 1.78. The summed E-state index contributed by atoms with van der Waals surface area (Å²) in [5, 5.41) is 0. The molecule has 83 valence electrons. The molecule has 1 fully saturated rings.